The van der Waals surface area contributed by atoms with Gasteiger partial charge in [-0.25, -0.2) is 8.78 Å². The molecule has 2 aromatic rings. The lowest BCUT2D eigenvalue weighted by molar-refractivity contribution is 0.111. The smallest absolute Gasteiger partial charge is 0.153 e. The summed E-state index contributed by atoms with van der Waals surface area (Å²) in [5.74, 6) is -0.714. The van der Waals surface area contributed by atoms with Gasteiger partial charge < -0.3 is 4.74 Å². The van der Waals surface area contributed by atoms with Crippen molar-refractivity contribution in [1.82, 2.24) is 0 Å². The van der Waals surface area contributed by atoms with Crippen LogP contribution in [0.1, 0.15) is 21.5 Å². The van der Waals surface area contributed by atoms with Gasteiger partial charge >= 0.3 is 0 Å². The molecule has 5 heteroatoms. The second-order valence-corrected chi connectivity index (χ2v) is 5.20. The Balaban J connectivity index is 2.27. The summed E-state index contributed by atoms with van der Waals surface area (Å²) in [6.45, 7) is 1.63. The first kappa shape index (κ1) is 14.7. The number of ether oxygens (including phenoxy) is 1. The van der Waals surface area contributed by atoms with Crippen molar-refractivity contribution in [2.45, 2.75) is 13.5 Å². The number of carbonyl (C=O) groups is 1. The maximum atomic E-state index is 13.5. The summed E-state index contributed by atoms with van der Waals surface area (Å²) in [4.78, 5) is 11.0. The Morgan fingerprint density at radius 2 is 2.00 bits per heavy atom. The van der Waals surface area contributed by atoms with Crippen molar-refractivity contribution in [2.24, 2.45) is 0 Å². The van der Waals surface area contributed by atoms with E-state index in [9.17, 15) is 13.6 Å². The van der Waals surface area contributed by atoms with Crippen molar-refractivity contribution in [3.8, 4) is 5.75 Å². The average Bonchev–Trinajstić information content (AvgIpc) is 2.40. The molecule has 0 aliphatic rings. The van der Waals surface area contributed by atoms with E-state index >= 15 is 0 Å². The minimum Gasteiger partial charge on any atom is -0.488 e. The van der Waals surface area contributed by atoms with Crippen LogP contribution in [0.25, 0.3) is 0 Å². The molecular formula is C15H11BrF2O2. The maximum Gasteiger partial charge on any atom is 0.153 e. The topological polar surface area (TPSA) is 26.3 Å². The fraction of sp³-hybridized carbons (Fsp3) is 0.133. The molecule has 2 rings (SSSR count). The molecule has 0 spiro atoms. The van der Waals surface area contributed by atoms with Crippen LogP contribution in [-0.4, -0.2) is 6.29 Å². The van der Waals surface area contributed by atoms with Crippen LogP contribution in [-0.2, 0) is 6.61 Å². The summed E-state index contributed by atoms with van der Waals surface area (Å²) in [5, 5.41) is 0. The summed E-state index contributed by atoms with van der Waals surface area (Å²) in [7, 11) is 0. The molecule has 0 saturated carbocycles. The summed E-state index contributed by atoms with van der Waals surface area (Å²) >= 11 is 3.28. The highest BCUT2D eigenvalue weighted by Crippen LogP contribution is 2.28. The molecule has 0 fully saturated rings. The van der Waals surface area contributed by atoms with E-state index in [0.29, 0.717) is 17.6 Å². The molecular weight excluding hydrogens is 330 g/mol. The van der Waals surface area contributed by atoms with Gasteiger partial charge in [0, 0.05) is 10.0 Å². The van der Waals surface area contributed by atoms with Crippen LogP contribution in [0.2, 0.25) is 0 Å². The molecule has 0 radical (unpaired) electrons. The summed E-state index contributed by atoms with van der Waals surface area (Å²) < 4.78 is 32.8. The number of benzene rings is 2. The van der Waals surface area contributed by atoms with Crippen LogP contribution >= 0.6 is 15.9 Å². The summed E-state index contributed by atoms with van der Waals surface area (Å²) in [5.41, 5.74) is 1.19. The number of aryl methyl sites for hydroxylation is 1. The maximum absolute atomic E-state index is 13.5. The highest BCUT2D eigenvalue weighted by Gasteiger charge is 2.11. The lowest BCUT2D eigenvalue weighted by atomic mass is 10.1. The van der Waals surface area contributed by atoms with Crippen molar-refractivity contribution in [2.75, 3.05) is 0 Å². The van der Waals surface area contributed by atoms with Crippen LogP contribution in [0.5, 0.6) is 5.75 Å². The third-order valence-corrected chi connectivity index (χ3v) is 3.23. The molecule has 0 aromatic heterocycles. The Labute approximate surface area is 123 Å². The summed E-state index contributed by atoms with van der Waals surface area (Å²) in [6.07, 6.45) is 0.662. The Kier molecular flexibility index (Phi) is 4.49. The molecule has 0 bridgehead atoms. The normalized spacial score (nSPS) is 10.4. The van der Waals surface area contributed by atoms with Gasteiger partial charge in [0.15, 0.2) is 6.29 Å². The van der Waals surface area contributed by atoms with Gasteiger partial charge in [-0.3, -0.25) is 4.79 Å². The highest BCUT2D eigenvalue weighted by molar-refractivity contribution is 9.10. The van der Waals surface area contributed by atoms with Gasteiger partial charge in [-0.1, -0.05) is 15.9 Å². The van der Waals surface area contributed by atoms with Crippen LogP contribution in [0.4, 0.5) is 8.78 Å². The number of hydrogen-bond acceptors (Lipinski definition) is 2. The van der Waals surface area contributed by atoms with Crippen LogP contribution in [0, 0.1) is 18.6 Å². The van der Waals surface area contributed by atoms with E-state index in [1.54, 1.807) is 19.1 Å². The van der Waals surface area contributed by atoms with E-state index in [4.69, 9.17) is 4.74 Å². The number of carbonyl (C=O) groups excluding carboxylic acids is 1. The van der Waals surface area contributed by atoms with E-state index < -0.39 is 11.6 Å². The summed E-state index contributed by atoms with van der Waals surface area (Å²) in [6, 6.07) is 6.55. The molecule has 0 aliphatic carbocycles. The van der Waals surface area contributed by atoms with Gasteiger partial charge in [-0.05, 0) is 42.8 Å². The van der Waals surface area contributed by atoms with Crippen LogP contribution in [0.3, 0.4) is 0 Å². The fourth-order valence-corrected chi connectivity index (χ4v) is 2.43. The monoisotopic (exact) mass is 340 g/mol. The third kappa shape index (κ3) is 3.22. The number of aldehydes is 1. The largest absolute Gasteiger partial charge is 0.488 e. The average molecular weight is 341 g/mol. The van der Waals surface area contributed by atoms with Gasteiger partial charge in [0.05, 0.1) is 5.56 Å². The van der Waals surface area contributed by atoms with Crippen molar-refractivity contribution >= 4 is 22.2 Å². The molecule has 0 unspecified atom stereocenters. The second-order valence-electron chi connectivity index (χ2n) is 4.28. The number of halogens is 3. The van der Waals surface area contributed by atoms with E-state index in [1.807, 2.05) is 0 Å². The zero-order chi connectivity index (χ0) is 14.7. The molecule has 0 N–H and O–H groups in total. The predicted molar refractivity (Wildman–Crippen MR) is 75.0 cm³/mol. The molecule has 2 nitrogen and oxygen atoms in total. The van der Waals surface area contributed by atoms with Crippen molar-refractivity contribution < 1.29 is 18.3 Å². The SMILES string of the molecule is Cc1cc(Br)cc(C=O)c1OCc1cc(F)ccc1F. The standard InChI is InChI=1S/C15H11BrF2O2/c1-9-4-12(16)5-10(7-19)15(9)20-8-11-6-13(17)2-3-14(11)18/h2-7H,8H2,1H3. The minimum atomic E-state index is -0.547. The van der Waals surface area contributed by atoms with Crippen LogP contribution < -0.4 is 4.74 Å². The second kappa shape index (κ2) is 6.13. The van der Waals surface area contributed by atoms with E-state index in [1.165, 1.54) is 0 Å². The Bertz CT molecular complexity index is 657. The van der Waals surface area contributed by atoms with Gasteiger partial charge in [-0.15, -0.1) is 0 Å². The Morgan fingerprint density at radius 1 is 1.25 bits per heavy atom. The molecule has 0 atom stereocenters. The third-order valence-electron chi connectivity index (χ3n) is 2.77. The van der Waals surface area contributed by atoms with Gasteiger partial charge in [0.1, 0.15) is 24.0 Å². The van der Waals surface area contributed by atoms with Crippen molar-refractivity contribution in [3.05, 3.63) is 63.1 Å². The number of rotatable bonds is 4. The molecule has 0 saturated heterocycles. The number of hydrogen-bond donors (Lipinski definition) is 0. The fourth-order valence-electron chi connectivity index (χ4n) is 1.84. The Morgan fingerprint density at radius 3 is 2.70 bits per heavy atom. The van der Waals surface area contributed by atoms with Gasteiger partial charge in [0.25, 0.3) is 0 Å². The quantitative estimate of drug-likeness (QED) is 0.769. The molecule has 104 valence electrons. The molecule has 20 heavy (non-hydrogen) atoms. The predicted octanol–water partition coefficient (Wildman–Crippen LogP) is 4.43. The molecule has 0 aliphatic heterocycles. The first-order chi connectivity index (χ1) is 9.51. The van der Waals surface area contributed by atoms with E-state index in [-0.39, 0.29) is 12.2 Å². The first-order valence-corrected chi connectivity index (χ1v) is 6.62. The molecule has 0 heterocycles. The van der Waals surface area contributed by atoms with Crippen LogP contribution in [0.15, 0.2) is 34.8 Å². The lowest BCUT2D eigenvalue weighted by Crippen LogP contribution is -2.03. The highest BCUT2D eigenvalue weighted by atomic mass is 79.9. The molecule has 0 amide bonds. The van der Waals surface area contributed by atoms with Crippen molar-refractivity contribution in [1.29, 1.82) is 0 Å². The first-order valence-electron chi connectivity index (χ1n) is 5.83. The minimum absolute atomic E-state index is 0.101. The molecule has 2 aromatic carbocycles. The van der Waals surface area contributed by atoms with E-state index in [2.05, 4.69) is 15.9 Å². The van der Waals surface area contributed by atoms with Gasteiger partial charge in [0.2, 0.25) is 0 Å². The van der Waals surface area contributed by atoms with E-state index in [0.717, 1.165) is 28.2 Å². The van der Waals surface area contributed by atoms with Gasteiger partial charge in [-0.2, -0.15) is 0 Å². The zero-order valence-electron chi connectivity index (χ0n) is 10.6. The zero-order valence-corrected chi connectivity index (χ0v) is 12.2. The lowest BCUT2D eigenvalue weighted by Gasteiger charge is -2.12. The Hall–Kier alpha value is -1.75. The van der Waals surface area contributed by atoms with Crippen molar-refractivity contribution in [3.63, 3.8) is 0 Å².